The Kier molecular flexibility index (Phi) is 8.13. The lowest BCUT2D eigenvalue weighted by atomic mass is 10.0. The Morgan fingerprint density at radius 3 is 2.71 bits per heavy atom. The van der Waals surface area contributed by atoms with Gasteiger partial charge >= 0.3 is 11.7 Å². The first kappa shape index (κ1) is 22.0. The van der Waals surface area contributed by atoms with Gasteiger partial charge in [-0.1, -0.05) is 6.07 Å². The molecule has 4 atom stereocenters. The molecule has 154 valence electrons. The molecule has 11 heteroatoms. The van der Waals surface area contributed by atoms with Gasteiger partial charge in [-0.15, -0.1) is 0 Å². The highest BCUT2D eigenvalue weighted by Crippen LogP contribution is 2.27. The largest absolute Gasteiger partial charge is 0.479 e. The molecule has 1 aromatic carbocycles. The molecule has 1 amide bonds. The quantitative estimate of drug-likeness (QED) is 0.437. The Hall–Kier alpha value is -2.26. The Morgan fingerprint density at radius 1 is 1.32 bits per heavy atom. The maximum atomic E-state index is 12.5. The second-order valence-electron chi connectivity index (χ2n) is 6.12. The molecule has 28 heavy (non-hydrogen) atoms. The van der Waals surface area contributed by atoms with Gasteiger partial charge in [-0.3, -0.25) is 4.79 Å². The number of carbonyl (C=O) groups excluding carboxylic acids is 2. The minimum atomic E-state index is -1.21. The molecule has 1 saturated heterocycles. The lowest BCUT2D eigenvalue weighted by Gasteiger charge is -2.31. The molecule has 0 saturated carbocycles. The molecule has 5 N–H and O–H groups in total. The van der Waals surface area contributed by atoms with E-state index in [1.807, 2.05) is 9.24 Å². The van der Waals surface area contributed by atoms with Crippen molar-refractivity contribution in [1.29, 1.82) is 0 Å². The molecular formula is C17H23N2O8P. The zero-order valence-corrected chi connectivity index (χ0v) is 16.2. The summed E-state index contributed by atoms with van der Waals surface area (Å²) in [4.78, 5) is 34.6. The van der Waals surface area contributed by atoms with Crippen LogP contribution in [0.2, 0.25) is 0 Å². The van der Waals surface area contributed by atoms with Crippen LogP contribution < -0.4 is 15.8 Å². The van der Waals surface area contributed by atoms with Gasteiger partial charge in [0.1, 0.15) is 12.4 Å². The van der Waals surface area contributed by atoms with E-state index in [4.69, 9.17) is 25.1 Å². The molecule has 10 nitrogen and oxygen atoms in total. The normalized spacial score (nSPS) is 21.6. The highest BCUT2D eigenvalue weighted by atomic mass is 31.0. The first-order valence-electron chi connectivity index (χ1n) is 8.56. The summed E-state index contributed by atoms with van der Waals surface area (Å²) in [5.41, 5.74) is 5.55. The van der Waals surface area contributed by atoms with Crippen LogP contribution in [-0.2, 0) is 20.9 Å². The van der Waals surface area contributed by atoms with Gasteiger partial charge in [0.05, 0.1) is 11.7 Å². The van der Waals surface area contributed by atoms with Gasteiger partial charge < -0.3 is 35.5 Å². The van der Waals surface area contributed by atoms with Crippen molar-refractivity contribution in [3.8, 4) is 5.75 Å². The average Bonchev–Trinajstić information content (AvgIpc) is 2.64. The third-order valence-electron chi connectivity index (χ3n) is 3.90. The van der Waals surface area contributed by atoms with Crippen molar-refractivity contribution in [3.63, 3.8) is 0 Å². The van der Waals surface area contributed by atoms with Crippen molar-refractivity contribution >= 4 is 26.8 Å². The van der Waals surface area contributed by atoms with Crippen LogP contribution in [0.1, 0.15) is 28.8 Å². The van der Waals surface area contributed by atoms with E-state index >= 15 is 0 Å². The van der Waals surface area contributed by atoms with E-state index in [0.717, 1.165) is 0 Å². The number of carbonyl (C=O) groups is 3. The minimum Gasteiger partial charge on any atom is -0.479 e. The van der Waals surface area contributed by atoms with Gasteiger partial charge in [0.15, 0.2) is 6.10 Å². The number of aliphatic hydroxyl groups excluding tert-OH is 1. The molecule has 1 fully saturated rings. The summed E-state index contributed by atoms with van der Waals surface area (Å²) in [5, 5.41) is 21.6. The van der Waals surface area contributed by atoms with Gasteiger partial charge in [-0.05, 0) is 26.9 Å². The number of benzene rings is 1. The molecule has 2 rings (SSSR count). The number of ether oxygens (including phenoxy) is 3. The van der Waals surface area contributed by atoms with Crippen molar-refractivity contribution in [2.75, 3.05) is 13.1 Å². The zero-order valence-electron chi connectivity index (χ0n) is 15.0. The monoisotopic (exact) mass is 414 g/mol. The van der Waals surface area contributed by atoms with Crippen molar-refractivity contribution in [3.05, 3.63) is 29.3 Å². The summed E-state index contributed by atoms with van der Waals surface area (Å²) in [5.74, 6) is -1.53. The number of hydrogen-bond donors (Lipinski definition) is 4. The number of aliphatic hydroxyl groups is 1. The second-order valence-corrected chi connectivity index (χ2v) is 6.59. The fourth-order valence-electron chi connectivity index (χ4n) is 2.62. The van der Waals surface area contributed by atoms with Crippen LogP contribution in [0.3, 0.4) is 0 Å². The van der Waals surface area contributed by atoms with E-state index in [0.29, 0.717) is 5.56 Å². The van der Waals surface area contributed by atoms with Gasteiger partial charge in [0.2, 0.25) is 6.29 Å². The molecule has 4 unspecified atom stereocenters. The van der Waals surface area contributed by atoms with Crippen molar-refractivity contribution < 1.29 is 38.8 Å². The third-order valence-corrected chi connectivity index (χ3v) is 4.07. The van der Waals surface area contributed by atoms with Crippen LogP contribution in [0, 0.1) is 0 Å². The maximum Gasteiger partial charge on any atom is 0.333 e. The number of nitrogens with one attached hydrogen (secondary N) is 1. The molecule has 0 spiro atoms. The molecule has 1 aromatic rings. The lowest BCUT2D eigenvalue weighted by Crippen LogP contribution is -2.42. The summed E-state index contributed by atoms with van der Waals surface area (Å²) >= 11 is 0. The standard InChI is InChI=1S/C17H23N2O8P/c18-3-4-19-15(21)11-5-9(8-25-17(24)28)1-2-12(11)26-14-7-10(20)6-13(27-14)16(22)23/h1-2,5,10,13-14,20H,3-4,6-8,18,28H2,(H,19,21)(H,22,23). The number of aliphatic carboxylic acids is 1. The molecule has 0 radical (unpaired) electrons. The van der Waals surface area contributed by atoms with Gasteiger partial charge in [0.25, 0.3) is 5.91 Å². The van der Waals surface area contributed by atoms with Crippen LogP contribution in [-0.4, -0.2) is 59.4 Å². The van der Waals surface area contributed by atoms with Crippen LogP contribution in [0.5, 0.6) is 5.75 Å². The Morgan fingerprint density at radius 2 is 2.07 bits per heavy atom. The molecule has 1 aliphatic heterocycles. The van der Waals surface area contributed by atoms with Gasteiger partial charge in [0, 0.05) is 25.9 Å². The number of carboxylic acid groups (broad SMARTS) is 1. The van der Waals surface area contributed by atoms with Crippen LogP contribution in [0.4, 0.5) is 4.79 Å². The topological polar surface area (TPSA) is 157 Å². The molecule has 1 aliphatic rings. The van der Waals surface area contributed by atoms with Gasteiger partial charge in [-0.25, -0.2) is 9.59 Å². The van der Waals surface area contributed by atoms with Crippen LogP contribution in [0.15, 0.2) is 18.2 Å². The molecule has 0 bridgehead atoms. The van der Waals surface area contributed by atoms with E-state index < -0.39 is 36.1 Å². The van der Waals surface area contributed by atoms with Gasteiger partial charge in [-0.2, -0.15) is 0 Å². The first-order valence-corrected chi connectivity index (χ1v) is 9.14. The smallest absolute Gasteiger partial charge is 0.333 e. The van der Waals surface area contributed by atoms with E-state index in [1.54, 1.807) is 6.07 Å². The number of amides is 1. The SMILES string of the molecule is NCCNC(=O)c1cc(COC(=O)P)ccc1OC1CC(O)CC(C(=O)O)O1. The summed E-state index contributed by atoms with van der Waals surface area (Å²) in [7, 11) is 1.89. The van der Waals surface area contributed by atoms with E-state index in [-0.39, 0.29) is 43.9 Å². The molecule has 0 aliphatic carbocycles. The molecular weight excluding hydrogens is 391 g/mol. The summed E-state index contributed by atoms with van der Waals surface area (Å²) in [6.45, 7) is 0.437. The Bertz CT molecular complexity index is 729. The van der Waals surface area contributed by atoms with E-state index in [1.165, 1.54) is 12.1 Å². The second kappa shape index (κ2) is 10.3. The number of hydrogen-bond acceptors (Lipinski definition) is 8. The molecule has 1 heterocycles. The fraction of sp³-hybridized carbons (Fsp3) is 0.471. The van der Waals surface area contributed by atoms with Crippen LogP contribution >= 0.6 is 9.24 Å². The zero-order chi connectivity index (χ0) is 20.7. The van der Waals surface area contributed by atoms with Crippen LogP contribution in [0.25, 0.3) is 0 Å². The fourth-order valence-corrected chi connectivity index (χ4v) is 2.70. The highest BCUT2D eigenvalue weighted by molar-refractivity contribution is 7.39. The average molecular weight is 414 g/mol. The molecule has 0 aromatic heterocycles. The summed E-state index contributed by atoms with van der Waals surface area (Å²) < 4.78 is 15.9. The summed E-state index contributed by atoms with van der Waals surface area (Å²) in [6.07, 6.45) is -3.14. The number of rotatable bonds is 8. The van der Waals surface area contributed by atoms with Crippen molar-refractivity contribution in [2.45, 2.75) is 37.9 Å². The number of carboxylic acids is 1. The summed E-state index contributed by atoms with van der Waals surface area (Å²) in [6, 6.07) is 4.57. The Balaban J connectivity index is 2.21. The lowest BCUT2D eigenvalue weighted by molar-refractivity contribution is -0.195. The third kappa shape index (κ3) is 6.42. The predicted molar refractivity (Wildman–Crippen MR) is 99.9 cm³/mol. The minimum absolute atomic E-state index is 0.0421. The van der Waals surface area contributed by atoms with E-state index in [2.05, 4.69) is 5.32 Å². The highest BCUT2D eigenvalue weighted by Gasteiger charge is 2.34. The predicted octanol–water partition coefficient (Wildman–Crippen LogP) is 0.216. The Labute approximate surface area is 163 Å². The van der Waals surface area contributed by atoms with E-state index in [9.17, 15) is 19.5 Å². The van der Waals surface area contributed by atoms with Crippen molar-refractivity contribution in [2.24, 2.45) is 5.73 Å². The number of nitrogens with two attached hydrogens (primary N) is 1. The maximum absolute atomic E-state index is 12.5. The first-order chi connectivity index (χ1) is 13.3. The van der Waals surface area contributed by atoms with Crippen molar-refractivity contribution in [1.82, 2.24) is 5.32 Å².